The van der Waals surface area contributed by atoms with Gasteiger partial charge in [-0.3, -0.25) is 4.79 Å². The van der Waals surface area contributed by atoms with Crippen molar-refractivity contribution in [2.75, 3.05) is 5.73 Å². The molecule has 2 aromatic carbocycles. The van der Waals surface area contributed by atoms with E-state index in [4.69, 9.17) is 15.7 Å². The summed E-state index contributed by atoms with van der Waals surface area (Å²) in [5.74, 6) is 0.170. The van der Waals surface area contributed by atoms with Crippen molar-refractivity contribution in [1.29, 1.82) is 0 Å². The largest absolute Gasteiger partial charge is 0.384 e. The predicted molar refractivity (Wildman–Crippen MR) is 112 cm³/mol. The summed E-state index contributed by atoms with van der Waals surface area (Å²) in [6.07, 6.45) is 0.836. The Bertz CT molecular complexity index is 1150. The molecule has 0 fully saturated rings. The summed E-state index contributed by atoms with van der Waals surface area (Å²) in [5, 5.41) is 3.00. The summed E-state index contributed by atoms with van der Waals surface area (Å²) < 4.78 is 1.87. The van der Waals surface area contributed by atoms with Crippen molar-refractivity contribution in [2.24, 2.45) is 0 Å². The number of rotatable bonds is 5. The van der Waals surface area contributed by atoms with Crippen molar-refractivity contribution >= 4 is 33.9 Å². The summed E-state index contributed by atoms with van der Waals surface area (Å²) in [4.78, 5) is 22.5. The van der Waals surface area contributed by atoms with Crippen molar-refractivity contribution in [2.45, 2.75) is 32.9 Å². The van der Waals surface area contributed by atoms with E-state index in [-0.39, 0.29) is 11.9 Å². The maximum absolute atomic E-state index is 13.0. The molecule has 0 spiro atoms. The van der Waals surface area contributed by atoms with E-state index in [0.29, 0.717) is 29.1 Å². The van der Waals surface area contributed by atoms with Crippen LogP contribution >= 0.6 is 0 Å². The Balaban J connectivity index is 1.93. The van der Waals surface area contributed by atoms with Gasteiger partial charge in [-0.1, -0.05) is 49.4 Å². The van der Waals surface area contributed by atoms with Crippen LogP contribution in [0, 0.1) is 0 Å². The zero-order chi connectivity index (χ0) is 19.7. The number of fused-ring (bicyclic) bond motifs is 2. The molecule has 0 radical (unpaired) electrons. The van der Waals surface area contributed by atoms with Crippen molar-refractivity contribution < 1.29 is 4.79 Å². The van der Waals surface area contributed by atoms with Crippen molar-refractivity contribution in [3.8, 4) is 0 Å². The van der Waals surface area contributed by atoms with E-state index in [0.717, 1.165) is 23.0 Å². The van der Waals surface area contributed by atoms with E-state index >= 15 is 0 Å². The normalized spacial score (nSPS) is 12.4. The fourth-order valence-electron chi connectivity index (χ4n) is 3.26. The van der Waals surface area contributed by atoms with Crippen LogP contribution in [0.3, 0.4) is 0 Å². The first kappa shape index (κ1) is 18.0. The van der Waals surface area contributed by atoms with E-state index in [1.807, 2.05) is 73.0 Å². The second-order valence-electron chi connectivity index (χ2n) is 7.00. The first-order valence-electron chi connectivity index (χ1n) is 9.47. The van der Waals surface area contributed by atoms with Crippen molar-refractivity contribution in [3.63, 3.8) is 0 Å². The molecule has 1 atom stereocenters. The molecular formula is C22H23N5O. The number of benzene rings is 2. The van der Waals surface area contributed by atoms with Crippen LogP contribution < -0.4 is 11.1 Å². The molecule has 0 unspecified atom stereocenters. The lowest BCUT2D eigenvalue weighted by molar-refractivity contribution is 0.0941. The van der Waals surface area contributed by atoms with Gasteiger partial charge in [-0.25, -0.2) is 9.97 Å². The topological polar surface area (TPSA) is 85.8 Å². The molecule has 28 heavy (non-hydrogen) atoms. The number of nitrogens with zero attached hydrogens (tertiary/aromatic N) is 3. The van der Waals surface area contributed by atoms with Crippen molar-refractivity contribution in [3.05, 3.63) is 65.7 Å². The van der Waals surface area contributed by atoms with Gasteiger partial charge < -0.3 is 15.6 Å². The molecule has 0 saturated heterocycles. The van der Waals surface area contributed by atoms with Gasteiger partial charge in [0.1, 0.15) is 16.9 Å². The summed E-state index contributed by atoms with van der Waals surface area (Å²) >= 11 is 0. The molecule has 4 rings (SSSR count). The van der Waals surface area contributed by atoms with E-state index in [1.54, 1.807) is 0 Å². The molecule has 0 bridgehead atoms. The zero-order valence-corrected chi connectivity index (χ0v) is 16.0. The number of hydrogen-bond donors (Lipinski definition) is 2. The predicted octanol–water partition coefficient (Wildman–Crippen LogP) is 3.74. The van der Waals surface area contributed by atoms with Crippen molar-refractivity contribution in [1.82, 2.24) is 19.9 Å². The minimum absolute atomic E-state index is 0.0489. The summed E-state index contributed by atoms with van der Waals surface area (Å²) in [7, 11) is 0. The Morgan fingerprint density at radius 3 is 2.39 bits per heavy atom. The van der Waals surface area contributed by atoms with Gasteiger partial charge >= 0.3 is 0 Å². The molecule has 0 saturated carbocycles. The van der Waals surface area contributed by atoms with Crippen LogP contribution in [0.15, 0.2) is 54.6 Å². The van der Waals surface area contributed by atoms with E-state index in [2.05, 4.69) is 5.32 Å². The SMILES string of the molecule is CC[C@H](C)NC(=O)c1c(N)n(Cc2ccccc2)c2nc3ccccc3nc12. The van der Waals surface area contributed by atoms with E-state index < -0.39 is 0 Å². The molecule has 0 aliphatic heterocycles. The second-order valence-corrected chi connectivity index (χ2v) is 7.00. The van der Waals surface area contributed by atoms with Gasteiger partial charge in [0.2, 0.25) is 0 Å². The van der Waals surface area contributed by atoms with Crippen LogP contribution in [-0.4, -0.2) is 26.5 Å². The number of anilines is 1. The molecule has 0 aliphatic carbocycles. The molecule has 4 aromatic rings. The summed E-state index contributed by atoms with van der Waals surface area (Å²) in [6, 6.07) is 17.7. The standard InChI is InChI=1S/C22H23N5O/c1-3-14(2)24-22(28)18-19-21(26-17-12-8-7-11-16(17)25-19)27(20(18)23)13-15-9-5-4-6-10-15/h4-12,14H,3,13,23H2,1-2H3,(H,24,28)/t14-/m0/s1. The molecule has 142 valence electrons. The van der Waals surface area contributed by atoms with Gasteiger partial charge in [-0.05, 0) is 31.0 Å². The Morgan fingerprint density at radius 2 is 1.71 bits per heavy atom. The van der Waals surface area contributed by atoms with Gasteiger partial charge in [-0.2, -0.15) is 0 Å². The molecule has 0 aliphatic rings. The third-order valence-corrected chi connectivity index (χ3v) is 4.99. The lowest BCUT2D eigenvalue weighted by Crippen LogP contribution is -2.32. The van der Waals surface area contributed by atoms with Gasteiger partial charge in [0.25, 0.3) is 5.91 Å². The van der Waals surface area contributed by atoms with Crippen LogP contribution in [0.2, 0.25) is 0 Å². The quantitative estimate of drug-likeness (QED) is 0.558. The summed E-state index contributed by atoms with van der Waals surface area (Å²) in [5.41, 5.74) is 10.6. The molecule has 6 heteroatoms. The average molecular weight is 373 g/mol. The second kappa shape index (κ2) is 7.31. The highest BCUT2D eigenvalue weighted by molar-refractivity contribution is 6.10. The minimum Gasteiger partial charge on any atom is -0.384 e. The third kappa shape index (κ3) is 3.17. The van der Waals surface area contributed by atoms with Crippen LogP contribution in [-0.2, 0) is 6.54 Å². The Morgan fingerprint density at radius 1 is 1.07 bits per heavy atom. The number of hydrogen-bond acceptors (Lipinski definition) is 4. The Labute approximate surface area is 163 Å². The van der Waals surface area contributed by atoms with Gasteiger partial charge in [0.05, 0.1) is 17.6 Å². The highest BCUT2D eigenvalue weighted by Gasteiger charge is 2.24. The number of aromatic nitrogens is 3. The lowest BCUT2D eigenvalue weighted by atomic mass is 10.2. The maximum atomic E-state index is 13.0. The number of nitrogens with one attached hydrogen (secondary N) is 1. The highest BCUT2D eigenvalue weighted by atomic mass is 16.1. The van der Waals surface area contributed by atoms with Gasteiger partial charge in [0, 0.05) is 6.04 Å². The molecule has 2 aromatic heterocycles. The maximum Gasteiger partial charge on any atom is 0.257 e. The Hall–Kier alpha value is -3.41. The van der Waals surface area contributed by atoms with Gasteiger partial charge in [0.15, 0.2) is 5.65 Å². The van der Waals surface area contributed by atoms with E-state index in [1.165, 1.54) is 0 Å². The fraction of sp³-hybridized carbons (Fsp3) is 0.227. The van der Waals surface area contributed by atoms with Crippen LogP contribution in [0.5, 0.6) is 0 Å². The smallest absolute Gasteiger partial charge is 0.257 e. The average Bonchev–Trinajstić information content (AvgIpc) is 2.97. The first-order chi connectivity index (χ1) is 13.6. The number of nitrogen functional groups attached to an aromatic ring is 1. The fourth-order valence-corrected chi connectivity index (χ4v) is 3.26. The molecule has 6 nitrogen and oxygen atoms in total. The van der Waals surface area contributed by atoms with Crippen LogP contribution in [0.25, 0.3) is 22.2 Å². The number of nitrogens with two attached hydrogens (primary N) is 1. The lowest BCUT2D eigenvalue weighted by Gasteiger charge is -2.11. The molecular weight excluding hydrogens is 350 g/mol. The molecule has 3 N–H and O–H groups in total. The number of carbonyl (C=O) groups is 1. The third-order valence-electron chi connectivity index (χ3n) is 4.99. The van der Waals surface area contributed by atoms with E-state index in [9.17, 15) is 4.79 Å². The first-order valence-corrected chi connectivity index (χ1v) is 9.47. The minimum atomic E-state index is -0.215. The Kier molecular flexibility index (Phi) is 4.69. The number of para-hydroxylation sites is 2. The monoisotopic (exact) mass is 373 g/mol. The summed E-state index contributed by atoms with van der Waals surface area (Å²) in [6.45, 7) is 4.52. The number of carbonyl (C=O) groups excluding carboxylic acids is 1. The van der Waals surface area contributed by atoms with Crippen LogP contribution in [0.1, 0.15) is 36.2 Å². The molecule has 2 heterocycles. The zero-order valence-electron chi connectivity index (χ0n) is 16.0. The number of amides is 1. The van der Waals surface area contributed by atoms with Crippen LogP contribution in [0.4, 0.5) is 5.82 Å². The molecule has 1 amide bonds. The van der Waals surface area contributed by atoms with Gasteiger partial charge in [-0.15, -0.1) is 0 Å². The highest BCUT2D eigenvalue weighted by Crippen LogP contribution is 2.28.